The van der Waals surface area contributed by atoms with Crippen LogP contribution in [0.2, 0.25) is 0 Å². The third kappa shape index (κ3) is 4.09. The molecule has 3 heterocycles. The zero-order valence-corrected chi connectivity index (χ0v) is 18.4. The Morgan fingerprint density at radius 1 is 1.14 bits per heavy atom. The van der Waals surface area contributed by atoms with Gasteiger partial charge in [-0.05, 0) is 79.5 Å². The van der Waals surface area contributed by atoms with Crippen molar-refractivity contribution in [2.24, 2.45) is 0 Å². The van der Waals surface area contributed by atoms with Gasteiger partial charge in [0.25, 0.3) is 5.91 Å². The van der Waals surface area contributed by atoms with Gasteiger partial charge in [0.15, 0.2) is 0 Å². The van der Waals surface area contributed by atoms with Crippen LogP contribution in [-0.4, -0.2) is 28.9 Å². The van der Waals surface area contributed by atoms with Gasteiger partial charge in [-0.1, -0.05) is 32.9 Å². The van der Waals surface area contributed by atoms with E-state index in [1.165, 1.54) is 35.1 Å². The third-order valence-electron chi connectivity index (χ3n) is 6.29. The maximum atomic E-state index is 13.2. The maximum absolute atomic E-state index is 13.2. The van der Waals surface area contributed by atoms with E-state index in [0.717, 1.165) is 36.5 Å². The zero-order valence-electron chi connectivity index (χ0n) is 18.4. The number of benzene rings is 1. The third-order valence-corrected chi connectivity index (χ3v) is 6.29. The summed E-state index contributed by atoms with van der Waals surface area (Å²) in [5.41, 5.74) is 8.26. The molecule has 1 saturated heterocycles. The summed E-state index contributed by atoms with van der Waals surface area (Å²) in [6.07, 6.45) is 3.38. The van der Waals surface area contributed by atoms with Gasteiger partial charge in [0, 0.05) is 36.1 Å². The topological polar surface area (TPSA) is 45.2 Å². The Morgan fingerprint density at radius 3 is 2.48 bits per heavy atom. The van der Waals surface area contributed by atoms with Gasteiger partial charge in [0.1, 0.15) is 0 Å². The lowest BCUT2D eigenvalue weighted by molar-refractivity contribution is 0.0734. The van der Waals surface area contributed by atoms with Crippen molar-refractivity contribution >= 4 is 5.91 Å². The first-order chi connectivity index (χ1) is 13.7. The summed E-state index contributed by atoms with van der Waals surface area (Å²) in [5.74, 6) is 0.117. The van der Waals surface area contributed by atoms with Crippen LogP contribution in [0.15, 0.2) is 24.3 Å². The molecule has 0 spiro atoms. The minimum absolute atomic E-state index is 0.0913. The molecule has 2 aliphatic rings. The fourth-order valence-electron chi connectivity index (χ4n) is 4.74. The second kappa shape index (κ2) is 7.56. The van der Waals surface area contributed by atoms with Gasteiger partial charge in [-0.3, -0.25) is 9.78 Å². The van der Waals surface area contributed by atoms with Crippen LogP contribution in [0, 0.1) is 13.8 Å². The Hall–Kier alpha value is -2.20. The van der Waals surface area contributed by atoms with Gasteiger partial charge < -0.3 is 10.2 Å². The number of aromatic nitrogens is 1. The molecule has 0 radical (unpaired) electrons. The van der Waals surface area contributed by atoms with Crippen LogP contribution in [-0.2, 0) is 18.4 Å². The molecule has 2 aliphatic heterocycles. The number of hydrogen-bond donors (Lipinski definition) is 1. The lowest BCUT2D eigenvalue weighted by Gasteiger charge is -2.33. The van der Waals surface area contributed by atoms with E-state index in [1.807, 2.05) is 30.9 Å². The molecule has 1 N–H and O–H groups in total. The van der Waals surface area contributed by atoms with Gasteiger partial charge in [0.2, 0.25) is 0 Å². The van der Waals surface area contributed by atoms with Crippen LogP contribution in [0.5, 0.6) is 0 Å². The highest BCUT2D eigenvalue weighted by Crippen LogP contribution is 2.36. The molecule has 1 fully saturated rings. The molecule has 0 saturated carbocycles. The molecule has 154 valence electrons. The van der Waals surface area contributed by atoms with E-state index in [1.54, 1.807) is 0 Å². The molecule has 4 nitrogen and oxygen atoms in total. The Kier molecular flexibility index (Phi) is 5.24. The first-order valence-electron chi connectivity index (χ1n) is 10.9. The summed E-state index contributed by atoms with van der Waals surface area (Å²) in [6, 6.07) is 9.04. The number of hydrogen-bond acceptors (Lipinski definition) is 3. The van der Waals surface area contributed by atoms with Crippen molar-refractivity contribution in [1.82, 2.24) is 15.2 Å². The van der Waals surface area contributed by atoms with Gasteiger partial charge >= 0.3 is 0 Å². The van der Waals surface area contributed by atoms with E-state index in [-0.39, 0.29) is 11.3 Å². The molecule has 4 heteroatoms. The SMILES string of the molecule is Cc1cc(C(=O)N2CCc3c(cc(C(C)(C)C)cc3[C@@H]3CCCN3)C2)cc(C)n1. The minimum atomic E-state index is 0.0913. The Labute approximate surface area is 174 Å². The molecule has 0 bridgehead atoms. The van der Waals surface area contributed by atoms with Crippen LogP contribution in [0.25, 0.3) is 0 Å². The van der Waals surface area contributed by atoms with E-state index < -0.39 is 0 Å². The number of pyridine rings is 1. The summed E-state index contributed by atoms with van der Waals surface area (Å²) in [4.78, 5) is 19.6. The van der Waals surface area contributed by atoms with Crippen molar-refractivity contribution in [3.05, 3.63) is 63.5 Å². The van der Waals surface area contributed by atoms with E-state index in [0.29, 0.717) is 12.6 Å². The highest BCUT2D eigenvalue weighted by molar-refractivity contribution is 5.94. The second-order valence-corrected chi connectivity index (χ2v) is 9.72. The van der Waals surface area contributed by atoms with E-state index >= 15 is 0 Å². The van der Waals surface area contributed by atoms with Crippen LogP contribution in [0.1, 0.15) is 83.7 Å². The highest BCUT2D eigenvalue weighted by Gasteiger charge is 2.29. The van der Waals surface area contributed by atoms with Crippen molar-refractivity contribution in [1.29, 1.82) is 0 Å². The summed E-state index contributed by atoms with van der Waals surface area (Å²) >= 11 is 0. The van der Waals surface area contributed by atoms with Crippen molar-refractivity contribution < 1.29 is 4.79 Å². The number of nitrogens with one attached hydrogen (secondary N) is 1. The average Bonchev–Trinajstić information content (AvgIpc) is 3.19. The van der Waals surface area contributed by atoms with E-state index in [9.17, 15) is 4.79 Å². The molecule has 0 aliphatic carbocycles. The number of nitrogens with zero attached hydrogens (tertiary/aromatic N) is 2. The predicted octanol–water partition coefficient (Wildman–Crippen LogP) is 4.62. The standard InChI is InChI=1S/C25H33N3O/c1-16-11-18(12-17(2)27-16)24(29)28-10-8-21-19(15-28)13-20(25(3,4)5)14-22(21)23-7-6-9-26-23/h11-14,23,26H,6-10,15H2,1-5H3/t23-/m0/s1. The van der Waals surface area contributed by atoms with E-state index in [2.05, 4.69) is 43.2 Å². The maximum Gasteiger partial charge on any atom is 0.254 e. The molecule has 1 aromatic heterocycles. The van der Waals surface area contributed by atoms with Crippen LogP contribution in [0.4, 0.5) is 0 Å². The number of fused-ring (bicyclic) bond motifs is 1. The van der Waals surface area contributed by atoms with Crippen LogP contribution < -0.4 is 5.32 Å². The molecule has 29 heavy (non-hydrogen) atoms. The average molecular weight is 392 g/mol. The second-order valence-electron chi connectivity index (χ2n) is 9.72. The summed E-state index contributed by atoms with van der Waals surface area (Å²) < 4.78 is 0. The van der Waals surface area contributed by atoms with Gasteiger partial charge in [-0.25, -0.2) is 0 Å². The van der Waals surface area contributed by atoms with Crippen molar-refractivity contribution in [2.75, 3.05) is 13.1 Å². The van der Waals surface area contributed by atoms with Crippen LogP contribution in [0.3, 0.4) is 0 Å². The first-order valence-corrected chi connectivity index (χ1v) is 10.9. The number of carbonyl (C=O) groups is 1. The lowest BCUT2D eigenvalue weighted by Crippen LogP contribution is -2.37. The molecule has 2 aromatic rings. The molecular weight excluding hydrogens is 358 g/mol. The fraction of sp³-hybridized carbons (Fsp3) is 0.520. The molecule has 4 rings (SSSR count). The fourth-order valence-corrected chi connectivity index (χ4v) is 4.74. The largest absolute Gasteiger partial charge is 0.334 e. The quantitative estimate of drug-likeness (QED) is 0.812. The zero-order chi connectivity index (χ0) is 20.8. The van der Waals surface area contributed by atoms with Crippen LogP contribution >= 0.6 is 0 Å². The molecular formula is C25H33N3O. The summed E-state index contributed by atoms with van der Waals surface area (Å²) in [6.45, 7) is 13.3. The molecule has 1 amide bonds. The minimum Gasteiger partial charge on any atom is -0.334 e. The number of carbonyl (C=O) groups excluding carboxylic acids is 1. The summed E-state index contributed by atoms with van der Waals surface area (Å²) in [7, 11) is 0. The van der Waals surface area contributed by atoms with Crippen molar-refractivity contribution in [3.63, 3.8) is 0 Å². The number of aryl methyl sites for hydroxylation is 2. The monoisotopic (exact) mass is 391 g/mol. The Morgan fingerprint density at radius 2 is 1.86 bits per heavy atom. The lowest BCUT2D eigenvalue weighted by atomic mass is 9.80. The first kappa shape index (κ1) is 20.1. The number of rotatable bonds is 2. The normalized spacial score (nSPS) is 19.3. The molecule has 0 unspecified atom stereocenters. The van der Waals surface area contributed by atoms with Crippen molar-refractivity contribution in [2.45, 2.75) is 71.9 Å². The van der Waals surface area contributed by atoms with Gasteiger partial charge in [0.05, 0.1) is 0 Å². The van der Waals surface area contributed by atoms with E-state index in [4.69, 9.17) is 0 Å². The van der Waals surface area contributed by atoms with Gasteiger partial charge in [-0.2, -0.15) is 0 Å². The molecule has 1 aromatic carbocycles. The summed E-state index contributed by atoms with van der Waals surface area (Å²) in [5, 5.41) is 3.69. The Balaban J connectivity index is 1.69. The van der Waals surface area contributed by atoms with Crippen molar-refractivity contribution in [3.8, 4) is 0 Å². The van der Waals surface area contributed by atoms with Gasteiger partial charge in [-0.15, -0.1) is 0 Å². The molecule has 1 atom stereocenters. The smallest absolute Gasteiger partial charge is 0.254 e. The number of amides is 1. The predicted molar refractivity (Wildman–Crippen MR) is 117 cm³/mol. The Bertz CT molecular complexity index is 916. The highest BCUT2D eigenvalue weighted by atomic mass is 16.2.